The van der Waals surface area contributed by atoms with Crippen LogP contribution in [0.25, 0.3) is 0 Å². The number of piperazine rings is 1. The van der Waals surface area contributed by atoms with E-state index in [-0.39, 0.29) is 0 Å². The van der Waals surface area contributed by atoms with Crippen molar-refractivity contribution >= 4 is 27.7 Å². The van der Waals surface area contributed by atoms with Crippen LogP contribution < -0.4 is 0 Å². The average Bonchev–Trinajstić information content (AvgIpc) is 2.75. The van der Waals surface area contributed by atoms with Crippen LogP contribution in [0.1, 0.15) is 25.2 Å². The Bertz CT molecular complexity index is 541. The van der Waals surface area contributed by atoms with Crippen LogP contribution in [0.5, 0.6) is 0 Å². The van der Waals surface area contributed by atoms with E-state index < -0.39 is 11.8 Å². The maximum atomic E-state index is 12.0. The van der Waals surface area contributed by atoms with Crippen LogP contribution >= 0.6 is 15.9 Å². The van der Waals surface area contributed by atoms with Crippen LogP contribution in [0.3, 0.4) is 0 Å². The van der Waals surface area contributed by atoms with E-state index in [1.165, 1.54) is 4.90 Å². The SMILES string of the molecule is CCc1nn(CC)c(CN2CCN(C)C(=O)C2=O)c1Br. The molecule has 0 unspecified atom stereocenters. The fourth-order valence-electron chi connectivity index (χ4n) is 2.27. The summed E-state index contributed by atoms with van der Waals surface area (Å²) in [6.07, 6.45) is 0.830. The number of rotatable bonds is 4. The van der Waals surface area contributed by atoms with E-state index in [0.717, 1.165) is 28.8 Å². The summed E-state index contributed by atoms with van der Waals surface area (Å²) in [6, 6.07) is 0. The molecule has 1 aliphatic rings. The van der Waals surface area contributed by atoms with E-state index in [2.05, 4.69) is 21.0 Å². The van der Waals surface area contributed by atoms with Crippen LogP contribution in [-0.2, 0) is 29.1 Å². The van der Waals surface area contributed by atoms with Gasteiger partial charge in [-0.2, -0.15) is 5.10 Å². The molecule has 0 N–H and O–H groups in total. The second-order valence-corrected chi connectivity index (χ2v) is 5.62. The molecule has 0 aliphatic carbocycles. The Morgan fingerprint density at radius 1 is 1.20 bits per heavy atom. The molecule has 2 amide bonds. The first-order chi connectivity index (χ1) is 9.49. The van der Waals surface area contributed by atoms with Gasteiger partial charge in [0, 0.05) is 26.7 Å². The van der Waals surface area contributed by atoms with Gasteiger partial charge in [-0.1, -0.05) is 6.92 Å². The van der Waals surface area contributed by atoms with Crippen molar-refractivity contribution in [3.05, 3.63) is 15.9 Å². The molecule has 0 spiro atoms. The Kier molecular flexibility index (Phi) is 4.47. The maximum Gasteiger partial charge on any atom is 0.312 e. The molecule has 0 saturated carbocycles. The van der Waals surface area contributed by atoms with Gasteiger partial charge in [-0.15, -0.1) is 0 Å². The largest absolute Gasteiger partial charge is 0.336 e. The number of amides is 2. The Balaban J connectivity index is 2.24. The summed E-state index contributed by atoms with van der Waals surface area (Å²) in [5, 5.41) is 4.51. The van der Waals surface area contributed by atoms with Gasteiger partial charge in [0.05, 0.1) is 22.4 Å². The van der Waals surface area contributed by atoms with Crippen LogP contribution in [-0.4, -0.2) is 51.5 Å². The molecule has 7 heteroatoms. The monoisotopic (exact) mass is 342 g/mol. The third kappa shape index (κ3) is 2.59. The van der Waals surface area contributed by atoms with Gasteiger partial charge < -0.3 is 9.80 Å². The fraction of sp³-hybridized carbons (Fsp3) is 0.615. The van der Waals surface area contributed by atoms with Crippen molar-refractivity contribution in [3.8, 4) is 0 Å². The number of likely N-dealkylation sites (N-methyl/N-ethyl adjacent to an activating group) is 1. The summed E-state index contributed by atoms with van der Waals surface area (Å²) in [5.41, 5.74) is 1.94. The highest BCUT2D eigenvalue weighted by Crippen LogP contribution is 2.24. The predicted octanol–water partition coefficient (Wildman–Crippen LogP) is 1.03. The Morgan fingerprint density at radius 2 is 1.90 bits per heavy atom. The molecule has 20 heavy (non-hydrogen) atoms. The number of aryl methyl sites for hydroxylation is 2. The lowest BCUT2D eigenvalue weighted by Crippen LogP contribution is -2.52. The summed E-state index contributed by atoms with van der Waals surface area (Å²) >= 11 is 3.56. The minimum atomic E-state index is -0.439. The van der Waals surface area contributed by atoms with E-state index in [1.807, 2.05) is 18.5 Å². The molecule has 1 aromatic rings. The summed E-state index contributed by atoms with van der Waals surface area (Å²) in [4.78, 5) is 26.8. The molecule has 0 bridgehead atoms. The molecule has 1 fully saturated rings. The van der Waals surface area contributed by atoms with Crippen molar-refractivity contribution in [1.29, 1.82) is 0 Å². The second kappa shape index (κ2) is 5.95. The molecule has 2 heterocycles. The highest BCUT2D eigenvalue weighted by Gasteiger charge is 2.31. The van der Waals surface area contributed by atoms with Gasteiger partial charge in [-0.25, -0.2) is 0 Å². The molecule has 0 radical (unpaired) electrons. The quantitative estimate of drug-likeness (QED) is 0.768. The molecular formula is C13H19BrN4O2. The van der Waals surface area contributed by atoms with Gasteiger partial charge in [0.1, 0.15) is 0 Å². The second-order valence-electron chi connectivity index (χ2n) is 4.83. The smallest absolute Gasteiger partial charge is 0.312 e. The number of aromatic nitrogens is 2. The van der Waals surface area contributed by atoms with E-state index >= 15 is 0 Å². The van der Waals surface area contributed by atoms with Crippen molar-refractivity contribution in [2.45, 2.75) is 33.4 Å². The van der Waals surface area contributed by atoms with Crippen molar-refractivity contribution < 1.29 is 9.59 Å². The minimum Gasteiger partial charge on any atom is -0.336 e. The first-order valence-electron chi connectivity index (χ1n) is 6.78. The third-order valence-electron chi connectivity index (χ3n) is 3.56. The van der Waals surface area contributed by atoms with Crippen LogP contribution in [0.4, 0.5) is 0 Å². The van der Waals surface area contributed by atoms with Gasteiger partial charge in [-0.05, 0) is 29.3 Å². The number of hydrogen-bond donors (Lipinski definition) is 0. The molecule has 0 aromatic carbocycles. The van der Waals surface area contributed by atoms with E-state index in [4.69, 9.17) is 0 Å². The topological polar surface area (TPSA) is 58.4 Å². The fourth-order valence-corrected chi connectivity index (χ4v) is 2.96. The molecule has 110 valence electrons. The first kappa shape index (κ1) is 15.0. The molecular weight excluding hydrogens is 324 g/mol. The van der Waals surface area contributed by atoms with Gasteiger partial charge in [0.15, 0.2) is 0 Å². The lowest BCUT2D eigenvalue weighted by molar-refractivity contribution is -0.155. The molecule has 1 saturated heterocycles. The average molecular weight is 343 g/mol. The summed E-state index contributed by atoms with van der Waals surface area (Å²) in [7, 11) is 1.65. The molecule has 1 aliphatic heterocycles. The van der Waals surface area contributed by atoms with Crippen LogP contribution in [0, 0.1) is 0 Å². The summed E-state index contributed by atoms with van der Waals surface area (Å²) in [5.74, 6) is -0.877. The first-order valence-corrected chi connectivity index (χ1v) is 7.57. The molecule has 6 nitrogen and oxygen atoms in total. The summed E-state index contributed by atoms with van der Waals surface area (Å²) in [6.45, 7) is 6.34. The lowest BCUT2D eigenvalue weighted by Gasteiger charge is -2.31. The normalized spacial score (nSPS) is 16.2. The van der Waals surface area contributed by atoms with Crippen molar-refractivity contribution in [2.75, 3.05) is 20.1 Å². The van der Waals surface area contributed by atoms with E-state index in [1.54, 1.807) is 11.9 Å². The number of nitrogens with zero attached hydrogens (tertiary/aromatic N) is 4. The van der Waals surface area contributed by atoms with Crippen LogP contribution in [0.15, 0.2) is 4.47 Å². The van der Waals surface area contributed by atoms with Crippen molar-refractivity contribution in [1.82, 2.24) is 19.6 Å². The predicted molar refractivity (Wildman–Crippen MR) is 78.0 cm³/mol. The highest BCUT2D eigenvalue weighted by atomic mass is 79.9. The highest BCUT2D eigenvalue weighted by molar-refractivity contribution is 9.10. The maximum absolute atomic E-state index is 12.0. The zero-order valence-corrected chi connectivity index (χ0v) is 13.6. The van der Waals surface area contributed by atoms with E-state index in [9.17, 15) is 9.59 Å². The van der Waals surface area contributed by atoms with E-state index in [0.29, 0.717) is 19.6 Å². The third-order valence-corrected chi connectivity index (χ3v) is 4.47. The Morgan fingerprint density at radius 3 is 2.50 bits per heavy atom. The minimum absolute atomic E-state index is 0.417. The molecule has 2 rings (SSSR count). The summed E-state index contributed by atoms with van der Waals surface area (Å²) < 4.78 is 2.83. The van der Waals surface area contributed by atoms with Gasteiger partial charge >= 0.3 is 11.8 Å². The number of carbonyl (C=O) groups excluding carboxylic acids is 2. The number of halogens is 1. The van der Waals surface area contributed by atoms with Gasteiger partial charge in [-0.3, -0.25) is 14.3 Å². The van der Waals surface area contributed by atoms with Crippen molar-refractivity contribution in [2.24, 2.45) is 0 Å². The zero-order valence-electron chi connectivity index (χ0n) is 12.0. The van der Waals surface area contributed by atoms with Crippen LogP contribution in [0.2, 0.25) is 0 Å². The van der Waals surface area contributed by atoms with Crippen molar-refractivity contribution in [3.63, 3.8) is 0 Å². The number of carbonyl (C=O) groups is 2. The molecule has 1 aromatic heterocycles. The van der Waals surface area contributed by atoms with Gasteiger partial charge in [0.2, 0.25) is 0 Å². The standard InChI is InChI=1S/C13H19BrN4O2/c1-4-9-11(14)10(18(5-2)15-9)8-17-7-6-16(3)12(19)13(17)20/h4-8H2,1-3H3. The lowest BCUT2D eigenvalue weighted by atomic mass is 10.2. The molecule has 0 atom stereocenters. The number of hydrogen-bond acceptors (Lipinski definition) is 3. The zero-order chi connectivity index (χ0) is 14.9. The Labute approximate surface area is 126 Å². The Hall–Kier alpha value is -1.37. The van der Waals surface area contributed by atoms with Gasteiger partial charge in [0.25, 0.3) is 0 Å².